The highest BCUT2D eigenvalue weighted by molar-refractivity contribution is 14.1. The summed E-state index contributed by atoms with van der Waals surface area (Å²) in [6.45, 7) is 0. The molecule has 0 amide bonds. The largest absolute Gasteiger partial charge is 0.574 e. The van der Waals surface area contributed by atoms with E-state index >= 15 is 0 Å². The summed E-state index contributed by atoms with van der Waals surface area (Å²) in [4.78, 5) is 24.8. The van der Waals surface area contributed by atoms with Gasteiger partial charge in [0, 0.05) is 6.07 Å². The molecule has 18 heavy (non-hydrogen) atoms. The Morgan fingerprint density at radius 2 is 2.11 bits per heavy atom. The van der Waals surface area contributed by atoms with Gasteiger partial charge in [0.15, 0.2) is 5.43 Å². The summed E-state index contributed by atoms with van der Waals surface area (Å²) in [5.74, 6) is -1.64. The number of H-pyrrole nitrogens is 1. The molecule has 1 aromatic heterocycles. The van der Waals surface area contributed by atoms with Crippen molar-refractivity contribution in [1.29, 1.82) is 0 Å². The van der Waals surface area contributed by atoms with Gasteiger partial charge >= 0.3 is 12.3 Å². The van der Waals surface area contributed by atoms with Crippen molar-refractivity contribution >= 4 is 28.6 Å². The Bertz CT molecular complexity index is 512. The minimum Gasteiger partial charge on any atom is -0.469 e. The fraction of sp³-hybridized carbons (Fsp3) is 0.333. The molecule has 0 unspecified atom stereocenters. The number of halogens is 4. The number of nitrogens with one attached hydrogen (secondary N) is 1. The molecular formula is C9H7F3INO4. The highest BCUT2D eigenvalue weighted by atomic mass is 127. The first-order valence-corrected chi connectivity index (χ1v) is 5.55. The van der Waals surface area contributed by atoms with E-state index < -0.39 is 35.6 Å². The zero-order chi connectivity index (χ0) is 13.9. The molecule has 1 N–H and O–H groups in total. The van der Waals surface area contributed by atoms with Crippen LogP contribution in [-0.2, 0) is 16.0 Å². The van der Waals surface area contributed by atoms with Crippen molar-refractivity contribution in [3.8, 4) is 5.88 Å². The molecule has 0 aliphatic rings. The molecule has 1 aromatic rings. The van der Waals surface area contributed by atoms with Crippen LogP contribution >= 0.6 is 22.6 Å². The molecule has 0 spiro atoms. The number of hydrogen-bond acceptors (Lipinski definition) is 4. The Balaban J connectivity index is 3.21. The number of carbonyl (C=O) groups is 1. The molecule has 0 aliphatic carbocycles. The number of pyridine rings is 1. The summed E-state index contributed by atoms with van der Waals surface area (Å²) in [7, 11) is 1.06. The van der Waals surface area contributed by atoms with Crippen LogP contribution < -0.4 is 10.2 Å². The van der Waals surface area contributed by atoms with Gasteiger partial charge in [0.25, 0.3) is 0 Å². The number of ether oxygens (including phenoxy) is 2. The molecule has 9 heteroatoms. The standard InChI is InChI=1S/C9H7F3INO4/c1-17-7(16)2-4-5(15)3-6(13)14-8(4)18-9(10,11)12/h3H,2H2,1H3,(H,14,15). The smallest absolute Gasteiger partial charge is 0.469 e. The number of aromatic nitrogens is 1. The lowest BCUT2D eigenvalue weighted by molar-refractivity contribution is -0.276. The van der Waals surface area contributed by atoms with E-state index in [0.29, 0.717) is 0 Å². The maximum atomic E-state index is 12.1. The number of rotatable bonds is 3. The summed E-state index contributed by atoms with van der Waals surface area (Å²) in [6, 6.07) is 1.06. The predicted molar refractivity (Wildman–Crippen MR) is 62.2 cm³/mol. The molecule has 0 saturated carbocycles. The molecule has 0 aliphatic heterocycles. The first-order valence-electron chi connectivity index (χ1n) is 4.47. The molecule has 100 valence electrons. The zero-order valence-electron chi connectivity index (χ0n) is 8.93. The number of carbonyl (C=O) groups excluding carboxylic acids is 1. The van der Waals surface area contributed by atoms with Gasteiger partial charge in [0.2, 0.25) is 5.88 Å². The van der Waals surface area contributed by atoms with Crippen molar-refractivity contribution in [2.45, 2.75) is 12.8 Å². The monoisotopic (exact) mass is 377 g/mol. The van der Waals surface area contributed by atoms with Crippen molar-refractivity contribution in [3.05, 3.63) is 25.6 Å². The number of hydrogen-bond donors (Lipinski definition) is 1. The maximum Gasteiger partial charge on any atom is 0.574 e. The van der Waals surface area contributed by atoms with E-state index in [2.05, 4.69) is 14.5 Å². The van der Waals surface area contributed by atoms with Crippen molar-refractivity contribution < 1.29 is 27.4 Å². The first-order chi connectivity index (χ1) is 8.23. The number of esters is 1. The Kier molecular flexibility index (Phi) is 4.59. The molecule has 0 fully saturated rings. The third kappa shape index (κ3) is 4.20. The van der Waals surface area contributed by atoms with E-state index in [1.54, 1.807) is 22.6 Å². The molecule has 0 bridgehead atoms. The predicted octanol–water partition coefficient (Wildman–Crippen LogP) is 1.59. The van der Waals surface area contributed by atoms with Gasteiger partial charge < -0.3 is 14.5 Å². The Morgan fingerprint density at radius 3 is 2.61 bits per heavy atom. The van der Waals surface area contributed by atoms with E-state index in [-0.39, 0.29) is 3.70 Å². The van der Waals surface area contributed by atoms with Gasteiger partial charge in [-0.2, -0.15) is 0 Å². The van der Waals surface area contributed by atoms with Gasteiger partial charge in [-0.1, -0.05) is 0 Å². The summed E-state index contributed by atoms with van der Waals surface area (Å²) >= 11 is 1.62. The van der Waals surface area contributed by atoms with Crippen molar-refractivity contribution in [3.63, 3.8) is 0 Å². The number of alkyl halides is 3. The lowest BCUT2D eigenvalue weighted by Gasteiger charge is -2.12. The van der Waals surface area contributed by atoms with Gasteiger partial charge in [-0.25, -0.2) is 0 Å². The van der Waals surface area contributed by atoms with Crippen molar-refractivity contribution in [1.82, 2.24) is 4.98 Å². The summed E-state index contributed by atoms with van der Waals surface area (Å²) in [5, 5.41) is 0. The lowest BCUT2D eigenvalue weighted by atomic mass is 10.2. The van der Waals surface area contributed by atoms with Gasteiger partial charge in [0.05, 0.1) is 22.8 Å². The van der Waals surface area contributed by atoms with Crippen molar-refractivity contribution in [2.24, 2.45) is 0 Å². The van der Waals surface area contributed by atoms with Crippen LogP contribution in [0, 0.1) is 3.70 Å². The average molecular weight is 377 g/mol. The van der Waals surface area contributed by atoms with Gasteiger partial charge in [-0.05, 0) is 22.6 Å². The van der Waals surface area contributed by atoms with Crippen LogP contribution in [0.2, 0.25) is 0 Å². The van der Waals surface area contributed by atoms with E-state index in [1.807, 2.05) is 0 Å². The SMILES string of the molecule is COC(=O)Cc1c(OC(F)(F)F)[nH]c(I)cc1=O. The van der Waals surface area contributed by atoms with E-state index in [0.717, 1.165) is 13.2 Å². The van der Waals surface area contributed by atoms with Crippen LogP contribution in [0.5, 0.6) is 5.88 Å². The van der Waals surface area contributed by atoms with Crippen LogP contribution in [-0.4, -0.2) is 24.4 Å². The molecule has 0 atom stereocenters. The highest BCUT2D eigenvalue weighted by Crippen LogP contribution is 2.23. The Morgan fingerprint density at radius 1 is 1.50 bits per heavy atom. The van der Waals surface area contributed by atoms with E-state index in [4.69, 9.17) is 0 Å². The van der Waals surface area contributed by atoms with E-state index in [1.165, 1.54) is 0 Å². The summed E-state index contributed by atoms with van der Waals surface area (Å²) in [5.41, 5.74) is -1.16. The molecule has 1 rings (SSSR count). The number of aromatic amines is 1. The number of methoxy groups -OCH3 is 1. The normalized spacial score (nSPS) is 11.2. The third-order valence-corrected chi connectivity index (χ3v) is 2.41. The van der Waals surface area contributed by atoms with Gasteiger partial charge in [-0.15, -0.1) is 13.2 Å². The van der Waals surface area contributed by atoms with Gasteiger partial charge in [0.1, 0.15) is 0 Å². The van der Waals surface area contributed by atoms with Crippen molar-refractivity contribution in [2.75, 3.05) is 7.11 Å². The quantitative estimate of drug-likeness (QED) is 0.494. The highest BCUT2D eigenvalue weighted by Gasteiger charge is 2.33. The van der Waals surface area contributed by atoms with Gasteiger partial charge in [-0.3, -0.25) is 9.59 Å². The Labute approximate surface area is 112 Å². The van der Waals surface area contributed by atoms with Crippen LogP contribution in [0.1, 0.15) is 5.56 Å². The van der Waals surface area contributed by atoms with Crippen LogP contribution in [0.15, 0.2) is 10.9 Å². The first kappa shape index (κ1) is 14.8. The second-order valence-corrected chi connectivity index (χ2v) is 4.25. The van der Waals surface area contributed by atoms with Crippen LogP contribution in [0.25, 0.3) is 0 Å². The maximum absolute atomic E-state index is 12.1. The minimum atomic E-state index is -4.96. The van der Waals surface area contributed by atoms with Crippen LogP contribution in [0.4, 0.5) is 13.2 Å². The second-order valence-electron chi connectivity index (χ2n) is 3.09. The fourth-order valence-electron chi connectivity index (χ4n) is 1.12. The molecular weight excluding hydrogens is 370 g/mol. The lowest BCUT2D eigenvalue weighted by Crippen LogP contribution is -2.24. The fourth-order valence-corrected chi connectivity index (χ4v) is 1.65. The molecule has 1 heterocycles. The topological polar surface area (TPSA) is 68.4 Å². The average Bonchev–Trinajstić information content (AvgIpc) is 2.20. The molecule has 0 saturated heterocycles. The molecule has 5 nitrogen and oxygen atoms in total. The molecule has 0 radical (unpaired) electrons. The Hall–Kier alpha value is -1.26. The minimum absolute atomic E-state index is 0.158. The van der Waals surface area contributed by atoms with Crippen LogP contribution in [0.3, 0.4) is 0 Å². The second kappa shape index (κ2) is 5.59. The van der Waals surface area contributed by atoms with E-state index in [9.17, 15) is 22.8 Å². The third-order valence-electron chi connectivity index (χ3n) is 1.83. The summed E-state index contributed by atoms with van der Waals surface area (Å²) in [6.07, 6.45) is -5.56. The zero-order valence-corrected chi connectivity index (χ0v) is 11.1. The summed E-state index contributed by atoms with van der Waals surface area (Å²) < 4.78 is 44.5. The molecule has 0 aromatic carbocycles.